The number of anilines is 1. The summed E-state index contributed by atoms with van der Waals surface area (Å²) >= 11 is 6.00. The van der Waals surface area contributed by atoms with E-state index in [4.69, 9.17) is 11.6 Å². The number of carbonyl (C=O) groups excluding carboxylic acids is 1. The molecule has 0 fully saturated rings. The summed E-state index contributed by atoms with van der Waals surface area (Å²) in [5.41, 5.74) is 2.13. The summed E-state index contributed by atoms with van der Waals surface area (Å²) in [6, 6.07) is 11.2. The summed E-state index contributed by atoms with van der Waals surface area (Å²) in [5, 5.41) is 14.2. The zero-order chi connectivity index (χ0) is 15.7. The fourth-order valence-electron chi connectivity index (χ4n) is 2.26. The molecule has 0 saturated carbocycles. The number of hydrogen-bond donors (Lipinski definition) is 1. The standard InChI is InChI=1S/C15H10ClN3O3/c16-10-3-1-2-9(6-10)15-12-7-11(19(21)22)4-5-13(12)18-14(20)8-17-15/h1-7H,8H2,(H,18,20). The predicted molar refractivity (Wildman–Crippen MR) is 83.7 cm³/mol. The zero-order valence-corrected chi connectivity index (χ0v) is 12.0. The highest BCUT2D eigenvalue weighted by Gasteiger charge is 2.21. The van der Waals surface area contributed by atoms with E-state index in [1.165, 1.54) is 18.2 Å². The number of carbonyl (C=O) groups is 1. The molecule has 7 heteroatoms. The highest BCUT2D eigenvalue weighted by molar-refractivity contribution is 6.31. The average Bonchev–Trinajstić information content (AvgIpc) is 2.64. The van der Waals surface area contributed by atoms with E-state index in [1.54, 1.807) is 24.3 Å². The Kier molecular flexibility index (Phi) is 3.60. The molecule has 0 bridgehead atoms. The number of rotatable bonds is 2. The molecule has 2 aromatic rings. The molecule has 22 heavy (non-hydrogen) atoms. The van der Waals surface area contributed by atoms with E-state index in [0.29, 0.717) is 27.5 Å². The van der Waals surface area contributed by atoms with E-state index >= 15 is 0 Å². The summed E-state index contributed by atoms with van der Waals surface area (Å²) in [4.78, 5) is 26.5. The molecule has 1 N–H and O–H groups in total. The van der Waals surface area contributed by atoms with E-state index in [-0.39, 0.29) is 18.1 Å². The Balaban J connectivity index is 2.21. The number of benzodiazepines with no additional fused rings is 1. The summed E-state index contributed by atoms with van der Waals surface area (Å²) in [5.74, 6) is -0.271. The number of hydrogen-bond acceptors (Lipinski definition) is 4. The predicted octanol–water partition coefficient (Wildman–Crippen LogP) is 3.04. The van der Waals surface area contributed by atoms with Crippen molar-refractivity contribution >= 4 is 34.6 Å². The number of benzene rings is 2. The third-order valence-corrected chi connectivity index (χ3v) is 3.46. The Morgan fingerprint density at radius 3 is 2.77 bits per heavy atom. The minimum Gasteiger partial charge on any atom is -0.324 e. The maximum atomic E-state index is 11.7. The quantitative estimate of drug-likeness (QED) is 0.682. The summed E-state index contributed by atoms with van der Waals surface area (Å²) in [6.45, 7) is -0.0513. The van der Waals surface area contributed by atoms with Crippen LogP contribution >= 0.6 is 11.6 Å². The van der Waals surface area contributed by atoms with Gasteiger partial charge in [0, 0.05) is 28.3 Å². The number of nitrogens with zero attached hydrogens (tertiary/aromatic N) is 2. The first-order valence-corrected chi connectivity index (χ1v) is 6.81. The number of non-ortho nitro benzene ring substituents is 1. The van der Waals surface area contributed by atoms with E-state index in [9.17, 15) is 14.9 Å². The van der Waals surface area contributed by atoms with Gasteiger partial charge in [-0.1, -0.05) is 23.7 Å². The molecule has 0 spiro atoms. The van der Waals surface area contributed by atoms with Gasteiger partial charge in [-0.05, 0) is 18.2 Å². The molecule has 1 aliphatic rings. The number of amides is 1. The van der Waals surface area contributed by atoms with Gasteiger partial charge in [0.1, 0.15) is 6.54 Å². The number of aliphatic imine (C=N–C) groups is 1. The van der Waals surface area contributed by atoms with Crippen LogP contribution in [0, 0.1) is 10.1 Å². The Labute approximate surface area is 130 Å². The number of halogens is 1. The van der Waals surface area contributed by atoms with Gasteiger partial charge in [-0.2, -0.15) is 0 Å². The van der Waals surface area contributed by atoms with Crippen LogP contribution in [0.15, 0.2) is 47.5 Å². The van der Waals surface area contributed by atoms with Crippen LogP contribution in [0.2, 0.25) is 5.02 Å². The van der Waals surface area contributed by atoms with Crippen LogP contribution in [0.25, 0.3) is 0 Å². The van der Waals surface area contributed by atoms with Crippen molar-refractivity contribution in [1.29, 1.82) is 0 Å². The molecule has 1 heterocycles. The minimum atomic E-state index is -0.484. The highest BCUT2D eigenvalue weighted by Crippen LogP contribution is 2.27. The van der Waals surface area contributed by atoms with Gasteiger partial charge >= 0.3 is 0 Å². The largest absolute Gasteiger partial charge is 0.324 e. The van der Waals surface area contributed by atoms with Crippen molar-refractivity contribution in [2.24, 2.45) is 4.99 Å². The van der Waals surface area contributed by atoms with Gasteiger partial charge in [-0.25, -0.2) is 0 Å². The van der Waals surface area contributed by atoms with Crippen LogP contribution in [0.1, 0.15) is 11.1 Å². The lowest BCUT2D eigenvalue weighted by Gasteiger charge is -2.10. The van der Waals surface area contributed by atoms with Crippen LogP contribution in [-0.2, 0) is 4.79 Å². The van der Waals surface area contributed by atoms with Gasteiger partial charge < -0.3 is 5.32 Å². The lowest BCUT2D eigenvalue weighted by atomic mass is 10.00. The van der Waals surface area contributed by atoms with Crippen molar-refractivity contribution < 1.29 is 9.72 Å². The minimum absolute atomic E-state index is 0.0513. The van der Waals surface area contributed by atoms with Crippen LogP contribution in [-0.4, -0.2) is 23.1 Å². The average molecular weight is 316 g/mol. The van der Waals surface area contributed by atoms with Gasteiger partial charge in [-0.3, -0.25) is 19.9 Å². The topological polar surface area (TPSA) is 84.6 Å². The van der Waals surface area contributed by atoms with Crippen molar-refractivity contribution in [3.8, 4) is 0 Å². The maximum absolute atomic E-state index is 11.7. The van der Waals surface area contributed by atoms with Gasteiger partial charge in [0.15, 0.2) is 0 Å². The van der Waals surface area contributed by atoms with E-state index in [0.717, 1.165) is 0 Å². The normalized spacial score (nSPS) is 13.7. The molecule has 110 valence electrons. The van der Waals surface area contributed by atoms with E-state index < -0.39 is 4.92 Å². The molecular weight excluding hydrogens is 306 g/mol. The van der Waals surface area contributed by atoms with Crippen molar-refractivity contribution in [1.82, 2.24) is 0 Å². The smallest absolute Gasteiger partial charge is 0.270 e. The first-order chi connectivity index (χ1) is 10.5. The maximum Gasteiger partial charge on any atom is 0.270 e. The SMILES string of the molecule is O=C1CN=C(c2cccc(Cl)c2)c2cc([N+](=O)[O-])ccc2N1. The van der Waals surface area contributed by atoms with Gasteiger partial charge in [0.25, 0.3) is 5.69 Å². The highest BCUT2D eigenvalue weighted by atomic mass is 35.5. The molecule has 3 rings (SSSR count). The Morgan fingerprint density at radius 1 is 1.23 bits per heavy atom. The number of nitrogens with one attached hydrogen (secondary N) is 1. The molecule has 2 aromatic carbocycles. The third kappa shape index (κ3) is 2.68. The van der Waals surface area contributed by atoms with E-state index in [2.05, 4.69) is 10.3 Å². The Bertz CT molecular complexity index is 817. The van der Waals surface area contributed by atoms with Crippen LogP contribution in [0.5, 0.6) is 0 Å². The Hall–Kier alpha value is -2.73. The van der Waals surface area contributed by atoms with Gasteiger partial charge in [-0.15, -0.1) is 0 Å². The molecule has 0 aliphatic carbocycles. The lowest BCUT2D eigenvalue weighted by Crippen LogP contribution is -2.13. The molecule has 0 saturated heterocycles. The van der Waals surface area contributed by atoms with Crippen molar-refractivity contribution in [3.05, 3.63) is 68.7 Å². The summed E-state index contributed by atoms with van der Waals surface area (Å²) in [6.07, 6.45) is 0. The lowest BCUT2D eigenvalue weighted by molar-refractivity contribution is -0.384. The van der Waals surface area contributed by atoms with E-state index in [1.807, 2.05) is 0 Å². The molecular formula is C15H10ClN3O3. The van der Waals surface area contributed by atoms with Crippen LogP contribution in [0.3, 0.4) is 0 Å². The Morgan fingerprint density at radius 2 is 2.05 bits per heavy atom. The first kappa shape index (κ1) is 14.2. The fourth-order valence-corrected chi connectivity index (χ4v) is 2.45. The second kappa shape index (κ2) is 5.57. The second-order valence-electron chi connectivity index (χ2n) is 4.71. The van der Waals surface area contributed by atoms with Crippen molar-refractivity contribution in [2.45, 2.75) is 0 Å². The molecule has 0 radical (unpaired) electrons. The first-order valence-electron chi connectivity index (χ1n) is 6.43. The number of nitro groups is 1. The van der Waals surface area contributed by atoms with Gasteiger partial charge in [0.2, 0.25) is 5.91 Å². The number of nitro benzene ring substituents is 1. The third-order valence-electron chi connectivity index (χ3n) is 3.22. The summed E-state index contributed by atoms with van der Waals surface area (Å²) < 4.78 is 0. The van der Waals surface area contributed by atoms with Crippen molar-refractivity contribution in [2.75, 3.05) is 11.9 Å². The molecule has 1 aliphatic heterocycles. The zero-order valence-electron chi connectivity index (χ0n) is 11.2. The molecule has 6 nitrogen and oxygen atoms in total. The molecule has 0 atom stereocenters. The van der Waals surface area contributed by atoms with Crippen LogP contribution in [0.4, 0.5) is 11.4 Å². The summed E-state index contributed by atoms with van der Waals surface area (Å²) in [7, 11) is 0. The monoisotopic (exact) mass is 315 g/mol. The molecule has 0 aromatic heterocycles. The van der Waals surface area contributed by atoms with Gasteiger partial charge in [0.05, 0.1) is 16.3 Å². The van der Waals surface area contributed by atoms with Crippen LogP contribution < -0.4 is 5.32 Å². The second-order valence-corrected chi connectivity index (χ2v) is 5.15. The van der Waals surface area contributed by atoms with Crippen molar-refractivity contribution in [3.63, 3.8) is 0 Å². The molecule has 1 amide bonds. The number of fused-ring (bicyclic) bond motifs is 1. The molecule has 0 unspecified atom stereocenters. The fraction of sp³-hybridized carbons (Fsp3) is 0.0667.